The highest BCUT2D eigenvalue weighted by atomic mass is 35.5. The van der Waals surface area contributed by atoms with Gasteiger partial charge in [0.05, 0.1) is 36.8 Å². The number of carboxylic acid groups (broad SMARTS) is 1. The van der Waals surface area contributed by atoms with Crippen LogP contribution < -0.4 is 10.6 Å². The van der Waals surface area contributed by atoms with E-state index in [9.17, 15) is 47.5 Å². The third kappa shape index (κ3) is 6.53. The molecule has 46 heavy (non-hydrogen) atoms. The molecule has 3 aliphatic rings. The number of hydrogen-bond donors (Lipinski definition) is 6. The molecule has 0 bridgehead atoms. The summed E-state index contributed by atoms with van der Waals surface area (Å²) in [5.41, 5.74) is 0.330. The Labute approximate surface area is 273 Å². The number of aliphatic carboxylic acids is 1. The number of thioether (sulfide) groups is 1. The van der Waals surface area contributed by atoms with Gasteiger partial charge in [0, 0.05) is 24.2 Å². The van der Waals surface area contributed by atoms with Crippen molar-refractivity contribution in [3.05, 3.63) is 69.9 Å². The van der Waals surface area contributed by atoms with Gasteiger partial charge in [-0.1, -0.05) is 41.9 Å². The van der Waals surface area contributed by atoms with Crippen molar-refractivity contribution in [1.29, 1.82) is 0 Å². The SMILES string of the molecule is O=C(O)C1=C(C[N+]2(CCNC(=O)c3ccc(O)c(O)c3Cl)CCCC2)CS[C@@H]2[C@H](NC(=O)C(c3ccccc3)S(=O)(=O)O)C(=O)N12. The topological polar surface area (TPSA) is 211 Å². The maximum absolute atomic E-state index is 13.3. The molecule has 0 radical (unpaired) electrons. The van der Waals surface area contributed by atoms with Crippen LogP contribution >= 0.6 is 23.4 Å². The maximum Gasteiger partial charge on any atom is 0.352 e. The number of likely N-dealkylation sites (tertiary alicyclic amines) is 1. The average Bonchev–Trinajstić information content (AvgIpc) is 3.46. The number of β-lactam (4-membered cyclic amide) rings is 1. The summed E-state index contributed by atoms with van der Waals surface area (Å²) >= 11 is 7.26. The number of quaternary nitrogens is 1. The van der Waals surface area contributed by atoms with Crippen molar-refractivity contribution < 1.29 is 52.0 Å². The number of aromatic hydroxyl groups is 2. The van der Waals surface area contributed by atoms with Gasteiger partial charge in [-0.25, -0.2) is 4.79 Å². The molecule has 3 heterocycles. The lowest BCUT2D eigenvalue weighted by molar-refractivity contribution is -0.911. The van der Waals surface area contributed by atoms with Gasteiger partial charge in [0.25, 0.3) is 21.9 Å². The van der Waals surface area contributed by atoms with Gasteiger partial charge >= 0.3 is 5.97 Å². The Morgan fingerprint density at radius 2 is 1.76 bits per heavy atom. The Balaban J connectivity index is 1.29. The standard InChI is InChI=1S/C29H31ClN4O10S2/c30-20-18(8-9-19(35)23(20)36)25(37)31-10-13-34(11-4-5-12-34)14-17-15-45-28-21(27(39)33(28)22(17)29(40)41)32-26(38)24(46(42,43)44)16-6-2-1-3-7-16/h1-3,6-9,21,24,28H,4-5,10-15H2,(H5-,31,32,35,36,37,38,40,41,42,43,44)/p+1/t21-,24?,28-/m1/s1. The molecule has 17 heteroatoms. The van der Waals surface area contributed by atoms with Gasteiger partial charge in [-0.05, 0) is 17.7 Å². The molecule has 0 spiro atoms. The zero-order valence-electron chi connectivity index (χ0n) is 24.3. The molecule has 1 unspecified atom stereocenters. The van der Waals surface area contributed by atoms with E-state index in [4.69, 9.17) is 11.6 Å². The second-order valence-electron chi connectivity index (χ2n) is 11.4. The first kappa shape index (κ1) is 33.5. The lowest BCUT2D eigenvalue weighted by Crippen LogP contribution is -2.71. The van der Waals surface area contributed by atoms with Crippen molar-refractivity contribution >= 4 is 57.2 Å². The first-order chi connectivity index (χ1) is 21.7. The van der Waals surface area contributed by atoms with E-state index in [1.807, 2.05) is 0 Å². The molecule has 0 saturated carbocycles. The Morgan fingerprint density at radius 1 is 1.09 bits per heavy atom. The third-order valence-corrected chi connectivity index (χ3v) is 11.2. The van der Waals surface area contributed by atoms with Crippen LogP contribution in [0, 0.1) is 0 Å². The van der Waals surface area contributed by atoms with Gasteiger partial charge in [-0.3, -0.25) is 23.8 Å². The van der Waals surface area contributed by atoms with Crippen LogP contribution in [-0.4, -0.2) is 111 Å². The molecular weight excluding hydrogens is 664 g/mol. The third-order valence-electron chi connectivity index (χ3n) is 8.44. The van der Waals surface area contributed by atoms with Crippen molar-refractivity contribution in [3.8, 4) is 11.5 Å². The summed E-state index contributed by atoms with van der Waals surface area (Å²) in [6, 6.07) is 8.57. The van der Waals surface area contributed by atoms with Crippen molar-refractivity contribution in [2.45, 2.75) is 29.5 Å². The number of phenols is 2. The number of phenolic OH excluding ortho intramolecular Hbond substituents is 2. The van der Waals surface area contributed by atoms with Crippen molar-refractivity contribution in [1.82, 2.24) is 15.5 Å². The molecule has 0 aromatic heterocycles. The van der Waals surface area contributed by atoms with E-state index in [0.717, 1.165) is 23.8 Å². The molecule has 2 aromatic carbocycles. The Kier molecular flexibility index (Phi) is 9.56. The van der Waals surface area contributed by atoms with E-state index < -0.39 is 62.0 Å². The highest BCUT2D eigenvalue weighted by Gasteiger charge is 2.55. The number of nitrogens with one attached hydrogen (secondary N) is 2. The molecule has 2 fully saturated rings. The summed E-state index contributed by atoms with van der Waals surface area (Å²) in [6.45, 7) is 2.38. The smallest absolute Gasteiger partial charge is 0.352 e. The second kappa shape index (κ2) is 13.1. The Hall–Kier alpha value is -3.83. The van der Waals surface area contributed by atoms with Crippen LogP contribution in [-0.2, 0) is 24.5 Å². The van der Waals surface area contributed by atoms with Crippen LogP contribution in [0.25, 0.3) is 0 Å². The summed E-state index contributed by atoms with van der Waals surface area (Å²) < 4.78 is 34.4. The van der Waals surface area contributed by atoms with Gasteiger partial charge in [0.2, 0.25) is 5.91 Å². The van der Waals surface area contributed by atoms with Crippen LogP contribution in [0.2, 0.25) is 5.02 Å². The van der Waals surface area contributed by atoms with Crippen LogP contribution in [0.5, 0.6) is 11.5 Å². The number of halogens is 1. The number of nitrogens with zero attached hydrogens (tertiary/aromatic N) is 2. The van der Waals surface area contributed by atoms with Gasteiger partial charge < -0.3 is 30.4 Å². The normalized spacial score (nSPS) is 21.3. The first-order valence-electron chi connectivity index (χ1n) is 14.3. The predicted octanol–water partition coefficient (Wildman–Crippen LogP) is 1.46. The number of hydrogen-bond acceptors (Lipinski definition) is 9. The van der Waals surface area contributed by atoms with Crippen molar-refractivity contribution in [2.24, 2.45) is 0 Å². The minimum atomic E-state index is -4.89. The van der Waals surface area contributed by atoms with Gasteiger partial charge in [0.1, 0.15) is 23.7 Å². The zero-order chi connectivity index (χ0) is 33.4. The van der Waals surface area contributed by atoms with E-state index in [2.05, 4.69) is 10.6 Å². The fourth-order valence-corrected chi connectivity index (χ4v) is 8.64. The van der Waals surface area contributed by atoms with Crippen molar-refractivity contribution in [3.63, 3.8) is 0 Å². The maximum atomic E-state index is 13.3. The highest BCUT2D eigenvalue weighted by molar-refractivity contribution is 8.00. The van der Waals surface area contributed by atoms with Gasteiger partial charge in [-0.15, -0.1) is 11.8 Å². The average molecular weight is 696 g/mol. The Morgan fingerprint density at radius 3 is 2.39 bits per heavy atom. The number of carbonyl (C=O) groups excluding carboxylic acids is 3. The summed E-state index contributed by atoms with van der Waals surface area (Å²) in [6.07, 6.45) is 1.76. The quantitative estimate of drug-likeness (QED) is 0.0858. The van der Waals surface area contributed by atoms with Crippen LogP contribution in [0.4, 0.5) is 0 Å². The monoisotopic (exact) mass is 695 g/mol. The van der Waals surface area contributed by atoms with Crippen molar-refractivity contribution in [2.75, 3.05) is 38.5 Å². The molecule has 2 aromatic rings. The van der Waals surface area contributed by atoms with E-state index >= 15 is 0 Å². The summed E-state index contributed by atoms with van der Waals surface area (Å²) in [5.74, 6) is -4.51. The lowest BCUT2D eigenvalue weighted by Gasteiger charge is -2.50. The van der Waals surface area contributed by atoms with E-state index in [-0.39, 0.29) is 34.1 Å². The minimum Gasteiger partial charge on any atom is -0.504 e. The number of amides is 3. The largest absolute Gasteiger partial charge is 0.504 e. The highest BCUT2D eigenvalue weighted by Crippen LogP contribution is 2.42. The zero-order valence-corrected chi connectivity index (χ0v) is 26.6. The minimum absolute atomic E-state index is 0.0102. The van der Waals surface area contributed by atoms with E-state index in [1.54, 1.807) is 6.07 Å². The molecule has 3 aliphatic heterocycles. The molecule has 6 N–H and O–H groups in total. The number of rotatable bonds is 11. The number of carboxylic acids is 1. The summed E-state index contributed by atoms with van der Waals surface area (Å²) in [5, 5.41) is 31.7. The predicted molar refractivity (Wildman–Crippen MR) is 166 cm³/mol. The molecule has 5 rings (SSSR count). The number of benzene rings is 2. The fourth-order valence-electron chi connectivity index (χ4n) is 6.22. The Bertz CT molecular complexity index is 1710. The molecule has 14 nitrogen and oxygen atoms in total. The molecular formula is C29H32ClN4O10S2+. The molecule has 2 saturated heterocycles. The lowest BCUT2D eigenvalue weighted by atomic mass is 10.0. The van der Waals surface area contributed by atoms with Crippen LogP contribution in [0.1, 0.15) is 34.0 Å². The van der Waals surface area contributed by atoms with E-state index in [1.165, 1.54) is 42.1 Å². The summed E-state index contributed by atoms with van der Waals surface area (Å²) in [7, 11) is -4.89. The molecule has 0 aliphatic carbocycles. The van der Waals surface area contributed by atoms with Crippen LogP contribution in [0.3, 0.4) is 0 Å². The second-order valence-corrected chi connectivity index (χ2v) is 14.4. The summed E-state index contributed by atoms with van der Waals surface area (Å²) in [4.78, 5) is 52.6. The van der Waals surface area contributed by atoms with E-state index in [0.29, 0.717) is 36.2 Å². The van der Waals surface area contributed by atoms with Gasteiger partial charge in [-0.2, -0.15) is 8.42 Å². The number of carbonyl (C=O) groups is 4. The molecule has 246 valence electrons. The molecule has 3 atom stereocenters. The first-order valence-corrected chi connectivity index (χ1v) is 17.2. The van der Waals surface area contributed by atoms with Crippen LogP contribution in [0.15, 0.2) is 53.7 Å². The number of fused-ring (bicyclic) bond motifs is 1. The van der Waals surface area contributed by atoms with Gasteiger partial charge in [0.15, 0.2) is 16.7 Å². The fraction of sp³-hybridized carbons (Fsp3) is 0.379. The molecule has 3 amide bonds.